The van der Waals surface area contributed by atoms with Gasteiger partial charge in [0.15, 0.2) is 0 Å². The zero-order valence-corrected chi connectivity index (χ0v) is 10.0. The third-order valence-electron chi connectivity index (χ3n) is 2.54. The maximum atomic E-state index is 11.8. The standard InChI is InChI=1S/C11H22N2O3/c1-8(2)5-9(7-14)13-11(15)10-6-12-3-4-16-10/h8-10,12,14H,3-7H2,1-2H3,(H,13,15). The molecule has 1 aliphatic heterocycles. The number of carbonyl (C=O) groups excluding carboxylic acids is 1. The summed E-state index contributed by atoms with van der Waals surface area (Å²) < 4.78 is 5.33. The number of nitrogens with one attached hydrogen (secondary N) is 2. The Morgan fingerprint density at radius 3 is 2.88 bits per heavy atom. The lowest BCUT2D eigenvalue weighted by molar-refractivity contribution is -0.135. The van der Waals surface area contributed by atoms with Crippen molar-refractivity contribution >= 4 is 5.91 Å². The third kappa shape index (κ3) is 4.47. The Hall–Kier alpha value is -0.650. The van der Waals surface area contributed by atoms with Gasteiger partial charge in [0.2, 0.25) is 0 Å². The Labute approximate surface area is 96.6 Å². The van der Waals surface area contributed by atoms with Crippen LogP contribution in [-0.4, -0.2) is 49.5 Å². The van der Waals surface area contributed by atoms with Gasteiger partial charge >= 0.3 is 0 Å². The second kappa shape index (κ2) is 6.83. The van der Waals surface area contributed by atoms with E-state index in [0.717, 1.165) is 13.0 Å². The minimum Gasteiger partial charge on any atom is -0.394 e. The molecule has 2 atom stereocenters. The minimum absolute atomic E-state index is 0.0237. The normalized spacial score (nSPS) is 23.1. The van der Waals surface area contributed by atoms with Gasteiger partial charge in [0.1, 0.15) is 6.10 Å². The number of hydrogen-bond acceptors (Lipinski definition) is 4. The highest BCUT2D eigenvalue weighted by Gasteiger charge is 2.23. The van der Waals surface area contributed by atoms with Gasteiger partial charge in [0, 0.05) is 13.1 Å². The molecule has 5 nitrogen and oxygen atoms in total. The topological polar surface area (TPSA) is 70.6 Å². The predicted molar refractivity (Wildman–Crippen MR) is 61.1 cm³/mol. The lowest BCUT2D eigenvalue weighted by atomic mass is 10.0. The molecule has 5 heteroatoms. The molecular formula is C11H22N2O3. The molecule has 0 radical (unpaired) electrons. The van der Waals surface area contributed by atoms with E-state index >= 15 is 0 Å². The molecule has 0 bridgehead atoms. The van der Waals surface area contributed by atoms with Crippen LogP contribution in [0.15, 0.2) is 0 Å². The fourth-order valence-electron chi connectivity index (χ4n) is 1.78. The highest BCUT2D eigenvalue weighted by atomic mass is 16.5. The molecule has 1 heterocycles. The van der Waals surface area contributed by atoms with Crippen molar-refractivity contribution in [1.29, 1.82) is 0 Å². The molecule has 16 heavy (non-hydrogen) atoms. The Morgan fingerprint density at radius 2 is 2.38 bits per heavy atom. The van der Waals surface area contributed by atoms with Crippen LogP contribution in [0.25, 0.3) is 0 Å². The second-order valence-electron chi connectivity index (χ2n) is 4.58. The van der Waals surface area contributed by atoms with Crippen molar-refractivity contribution in [2.75, 3.05) is 26.3 Å². The molecule has 0 spiro atoms. The Bertz CT molecular complexity index is 215. The number of rotatable bonds is 5. The van der Waals surface area contributed by atoms with Gasteiger partial charge in [-0.2, -0.15) is 0 Å². The monoisotopic (exact) mass is 230 g/mol. The SMILES string of the molecule is CC(C)CC(CO)NC(=O)C1CNCCO1. The summed E-state index contributed by atoms with van der Waals surface area (Å²) in [4.78, 5) is 11.8. The van der Waals surface area contributed by atoms with Gasteiger partial charge in [-0.05, 0) is 12.3 Å². The first-order valence-corrected chi connectivity index (χ1v) is 5.87. The quantitative estimate of drug-likeness (QED) is 0.595. The summed E-state index contributed by atoms with van der Waals surface area (Å²) in [7, 11) is 0. The Balaban J connectivity index is 2.35. The van der Waals surface area contributed by atoms with E-state index in [1.807, 2.05) is 0 Å². The van der Waals surface area contributed by atoms with E-state index in [-0.39, 0.29) is 18.6 Å². The summed E-state index contributed by atoms with van der Waals surface area (Å²) in [6.45, 7) is 6.00. The highest BCUT2D eigenvalue weighted by molar-refractivity contribution is 5.81. The van der Waals surface area contributed by atoms with Gasteiger partial charge in [0.05, 0.1) is 19.3 Å². The molecule has 1 rings (SSSR count). The summed E-state index contributed by atoms with van der Waals surface area (Å²) in [6, 6.07) is -0.168. The van der Waals surface area contributed by atoms with E-state index in [1.165, 1.54) is 0 Å². The third-order valence-corrected chi connectivity index (χ3v) is 2.54. The molecule has 0 saturated carbocycles. The molecule has 1 amide bonds. The molecule has 0 aromatic carbocycles. The second-order valence-corrected chi connectivity index (χ2v) is 4.58. The lowest BCUT2D eigenvalue weighted by Crippen LogP contribution is -2.51. The van der Waals surface area contributed by atoms with Crippen LogP contribution in [-0.2, 0) is 9.53 Å². The van der Waals surface area contributed by atoms with Crippen LogP contribution < -0.4 is 10.6 Å². The lowest BCUT2D eigenvalue weighted by Gasteiger charge is -2.25. The van der Waals surface area contributed by atoms with E-state index in [9.17, 15) is 4.79 Å². The van der Waals surface area contributed by atoms with E-state index in [1.54, 1.807) is 0 Å². The zero-order chi connectivity index (χ0) is 12.0. The number of morpholine rings is 1. The minimum atomic E-state index is -0.421. The molecule has 94 valence electrons. The number of amides is 1. The van der Waals surface area contributed by atoms with Crippen LogP contribution in [0.3, 0.4) is 0 Å². The van der Waals surface area contributed by atoms with Crippen molar-refractivity contribution in [1.82, 2.24) is 10.6 Å². The number of aliphatic hydroxyl groups is 1. The summed E-state index contributed by atoms with van der Waals surface area (Å²) >= 11 is 0. The van der Waals surface area contributed by atoms with Crippen molar-refractivity contribution in [3.05, 3.63) is 0 Å². The average molecular weight is 230 g/mol. The molecule has 0 aromatic rings. The molecule has 3 N–H and O–H groups in total. The number of hydrogen-bond donors (Lipinski definition) is 3. The fraction of sp³-hybridized carbons (Fsp3) is 0.909. The first-order valence-electron chi connectivity index (χ1n) is 5.87. The summed E-state index contributed by atoms with van der Waals surface area (Å²) in [6.07, 6.45) is 0.359. The smallest absolute Gasteiger partial charge is 0.250 e. The van der Waals surface area contributed by atoms with Crippen molar-refractivity contribution in [3.8, 4) is 0 Å². The van der Waals surface area contributed by atoms with Crippen molar-refractivity contribution in [2.45, 2.75) is 32.4 Å². The first kappa shape index (κ1) is 13.4. The highest BCUT2D eigenvalue weighted by Crippen LogP contribution is 2.05. The van der Waals surface area contributed by atoms with E-state index in [2.05, 4.69) is 24.5 Å². The summed E-state index contributed by atoms with van der Waals surface area (Å²) in [5.41, 5.74) is 0. The van der Waals surface area contributed by atoms with Gasteiger partial charge in [-0.1, -0.05) is 13.8 Å². The van der Waals surface area contributed by atoms with Gasteiger partial charge in [-0.15, -0.1) is 0 Å². The van der Waals surface area contributed by atoms with Gasteiger partial charge < -0.3 is 20.5 Å². The molecule has 0 aromatic heterocycles. The molecule has 1 fully saturated rings. The van der Waals surface area contributed by atoms with Gasteiger partial charge in [-0.3, -0.25) is 4.79 Å². The van der Waals surface area contributed by atoms with Crippen LogP contribution in [0, 0.1) is 5.92 Å². The largest absolute Gasteiger partial charge is 0.394 e. The fourth-order valence-corrected chi connectivity index (χ4v) is 1.78. The van der Waals surface area contributed by atoms with E-state index in [0.29, 0.717) is 19.1 Å². The number of ether oxygens (including phenoxy) is 1. The number of aliphatic hydroxyl groups excluding tert-OH is 1. The van der Waals surface area contributed by atoms with Crippen LogP contribution in [0.4, 0.5) is 0 Å². The average Bonchev–Trinajstić information content (AvgIpc) is 2.28. The van der Waals surface area contributed by atoms with Crippen molar-refractivity contribution in [2.24, 2.45) is 5.92 Å². The van der Waals surface area contributed by atoms with Crippen molar-refractivity contribution in [3.63, 3.8) is 0 Å². The maximum Gasteiger partial charge on any atom is 0.250 e. The summed E-state index contributed by atoms with van der Waals surface area (Å²) in [5.74, 6) is 0.315. The Morgan fingerprint density at radius 1 is 1.62 bits per heavy atom. The molecule has 0 aliphatic carbocycles. The molecule has 2 unspecified atom stereocenters. The first-order chi connectivity index (χ1) is 7.63. The number of carbonyl (C=O) groups is 1. The van der Waals surface area contributed by atoms with Crippen LogP contribution >= 0.6 is 0 Å². The van der Waals surface area contributed by atoms with Crippen LogP contribution in [0.5, 0.6) is 0 Å². The molecular weight excluding hydrogens is 208 g/mol. The van der Waals surface area contributed by atoms with Crippen LogP contribution in [0.2, 0.25) is 0 Å². The summed E-state index contributed by atoms with van der Waals surface area (Å²) in [5, 5.41) is 15.1. The molecule has 1 saturated heterocycles. The molecule has 1 aliphatic rings. The van der Waals surface area contributed by atoms with Gasteiger partial charge in [-0.25, -0.2) is 0 Å². The predicted octanol–water partition coefficient (Wildman–Crippen LogP) is -0.502. The maximum absolute atomic E-state index is 11.8. The van der Waals surface area contributed by atoms with Crippen molar-refractivity contribution < 1.29 is 14.6 Å². The Kier molecular flexibility index (Phi) is 5.73. The van der Waals surface area contributed by atoms with Gasteiger partial charge in [0.25, 0.3) is 5.91 Å². The zero-order valence-electron chi connectivity index (χ0n) is 10.0. The van der Waals surface area contributed by atoms with E-state index < -0.39 is 6.10 Å². The van der Waals surface area contributed by atoms with Crippen LogP contribution in [0.1, 0.15) is 20.3 Å². The van der Waals surface area contributed by atoms with E-state index in [4.69, 9.17) is 9.84 Å².